The van der Waals surface area contributed by atoms with E-state index >= 15 is 0 Å². The van der Waals surface area contributed by atoms with Gasteiger partial charge in [-0.25, -0.2) is 4.39 Å². The summed E-state index contributed by atoms with van der Waals surface area (Å²) in [7, 11) is 0. The monoisotopic (exact) mass is 471 g/mol. The highest BCUT2D eigenvalue weighted by Gasteiger charge is 2.17. The molecular formula is C21H24BrClFNO3. The van der Waals surface area contributed by atoms with Crippen LogP contribution in [-0.2, 0) is 17.9 Å². The zero-order chi connectivity index (χ0) is 19.9. The molecule has 2 aromatic carbocycles. The number of hydrogen-bond acceptors (Lipinski definition) is 4. The van der Waals surface area contributed by atoms with Gasteiger partial charge in [-0.05, 0) is 65.5 Å². The minimum absolute atomic E-state index is 0.0147. The van der Waals surface area contributed by atoms with E-state index in [4.69, 9.17) is 25.8 Å². The molecule has 152 valence electrons. The first-order chi connectivity index (χ1) is 13.6. The average molecular weight is 473 g/mol. The predicted molar refractivity (Wildman–Crippen MR) is 112 cm³/mol. The van der Waals surface area contributed by atoms with Crippen molar-refractivity contribution in [2.75, 3.05) is 19.8 Å². The van der Waals surface area contributed by atoms with Crippen LogP contribution in [0.3, 0.4) is 0 Å². The summed E-state index contributed by atoms with van der Waals surface area (Å²) in [4.78, 5) is 0. The number of nitrogens with one attached hydrogen (secondary N) is 1. The van der Waals surface area contributed by atoms with Crippen LogP contribution in [0, 0.1) is 5.82 Å². The molecule has 1 heterocycles. The molecule has 3 rings (SSSR count). The van der Waals surface area contributed by atoms with Gasteiger partial charge >= 0.3 is 0 Å². The van der Waals surface area contributed by atoms with E-state index in [1.54, 1.807) is 12.1 Å². The van der Waals surface area contributed by atoms with E-state index < -0.39 is 5.82 Å². The first kappa shape index (κ1) is 21.4. The zero-order valence-corrected chi connectivity index (χ0v) is 18.1. The van der Waals surface area contributed by atoms with Crippen molar-refractivity contribution in [3.63, 3.8) is 0 Å². The zero-order valence-electron chi connectivity index (χ0n) is 15.8. The summed E-state index contributed by atoms with van der Waals surface area (Å²) >= 11 is 9.64. The Bertz CT molecular complexity index is 779. The molecule has 1 saturated heterocycles. The summed E-state index contributed by atoms with van der Waals surface area (Å²) in [5.41, 5.74) is 1.38. The van der Waals surface area contributed by atoms with Gasteiger partial charge < -0.3 is 19.5 Å². The second-order valence-electron chi connectivity index (χ2n) is 6.59. The Kier molecular flexibility index (Phi) is 7.97. The largest absolute Gasteiger partial charge is 0.490 e. The summed E-state index contributed by atoms with van der Waals surface area (Å²) in [6.45, 7) is 4.79. The third-order valence-corrected chi connectivity index (χ3v) is 5.46. The lowest BCUT2D eigenvalue weighted by Gasteiger charge is -2.17. The smallest absolute Gasteiger partial charge is 0.175 e. The first-order valence-electron chi connectivity index (χ1n) is 9.41. The van der Waals surface area contributed by atoms with Crippen LogP contribution in [0.1, 0.15) is 30.9 Å². The minimum Gasteiger partial charge on any atom is -0.490 e. The quantitative estimate of drug-likeness (QED) is 0.524. The molecule has 0 spiro atoms. The van der Waals surface area contributed by atoms with Gasteiger partial charge in [0.15, 0.2) is 11.5 Å². The fraction of sp³-hybridized carbons (Fsp3) is 0.429. The molecule has 1 atom stereocenters. The summed E-state index contributed by atoms with van der Waals surface area (Å²) in [5, 5.41) is 3.76. The van der Waals surface area contributed by atoms with Crippen molar-refractivity contribution in [3.05, 3.63) is 56.8 Å². The summed E-state index contributed by atoms with van der Waals surface area (Å²) in [5.74, 6) is 0.749. The molecule has 1 fully saturated rings. The highest BCUT2D eigenvalue weighted by atomic mass is 79.9. The highest BCUT2D eigenvalue weighted by molar-refractivity contribution is 9.10. The molecule has 1 N–H and O–H groups in total. The van der Waals surface area contributed by atoms with Crippen molar-refractivity contribution in [2.45, 2.75) is 39.0 Å². The van der Waals surface area contributed by atoms with Gasteiger partial charge in [-0.15, -0.1) is 0 Å². The number of halogens is 3. The van der Waals surface area contributed by atoms with Crippen molar-refractivity contribution in [1.29, 1.82) is 0 Å². The lowest BCUT2D eigenvalue weighted by Crippen LogP contribution is -2.25. The molecule has 7 heteroatoms. The van der Waals surface area contributed by atoms with Gasteiger partial charge in [0.25, 0.3) is 0 Å². The molecule has 0 aromatic heterocycles. The number of ether oxygens (including phenoxy) is 3. The van der Waals surface area contributed by atoms with Crippen LogP contribution in [0.15, 0.2) is 34.8 Å². The average Bonchev–Trinajstić information content (AvgIpc) is 3.17. The summed E-state index contributed by atoms with van der Waals surface area (Å²) < 4.78 is 32.0. The maximum atomic E-state index is 14.0. The van der Waals surface area contributed by atoms with Crippen LogP contribution >= 0.6 is 27.5 Å². The van der Waals surface area contributed by atoms with Crippen LogP contribution in [-0.4, -0.2) is 25.9 Å². The van der Waals surface area contributed by atoms with Gasteiger partial charge in [-0.1, -0.05) is 17.7 Å². The fourth-order valence-electron chi connectivity index (χ4n) is 3.12. The van der Waals surface area contributed by atoms with Gasteiger partial charge in [0.05, 0.1) is 22.2 Å². The van der Waals surface area contributed by atoms with E-state index in [-0.39, 0.29) is 6.61 Å². The second-order valence-corrected chi connectivity index (χ2v) is 7.85. The highest BCUT2D eigenvalue weighted by Crippen LogP contribution is 2.38. The Morgan fingerprint density at radius 2 is 2.18 bits per heavy atom. The maximum Gasteiger partial charge on any atom is 0.175 e. The van der Waals surface area contributed by atoms with Gasteiger partial charge in [-0.3, -0.25) is 0 Å². The maximum absolute atomic E-state index is 14.0. The van der Waals surface area contributed by atoms with E-state index in [1.165, 1.54) is 6.07 Å². The van der Waals surface area contributed by atoms with E-state index in [2.05, 4.69) is 21.2 Å². The number of hydrogen-bond donors (Lipinski definition) is 1. The lowest BCUT2D eigenvalue weighted by atomic mass is 10.2. The van der Waals surface area contributed by atoms with Crippen LogP contribution < -0.4 is 14.8 Å². The SMILES string of the molecule is CCOc1cc(CNC[C@H]2CCCO2)cc(Br)c1OCc1c(F)cccc1Cl. The molecule has 28 heavy (non-hydrogen) atoms. The minimum atomic E-state index is -0.392. The van der Waals surface area contributed by atoms with Crippen LogP contribution in [0.5, 0.6) is 11.5 Å². The normalized spacial score (nSPS) is 16.4. The second kappa shape index (κ2) is 10.4. The van der Waals surface area contributed by atoms with E-state index in [0.29, 0.717) is 41.3 Å². The summed E-state index contributed by atoms with van der Waals surface area (Å²) in [6.07, 6.45) is 2.53. The van der Waals surface area contributed by atoms with E-state index in [1.807, 2.05) is 19.1 Å². The third kappa shape index (κ3) is 5.60. The topological polar surface area (TPSA) is 39.7 Å². The Balaban J connectivity index is 1.69. The molecule has 2 aromatic rings. The van der Waals surface area contributed by atoms with E-state index in [9.17, 15) is 4.39 Å². The van der Waals surface area contributed by atoms with Crippen LogP contribution in [0.25, 0.3) is 0 Å². The standard InChI is InChI=1S/C21H24BrClFNO3/c1-2-26-20-10-14(11-25-12-15-5-4-8-27-15)9-17(22)21(20)28-13-16-18(23)6-3-7-19(16)24/h3,6-7,9-10,15,25H,2,4-5,8,11-13H2,1H3/t15-/m1/s1. The summed E-state index contributed by atoms with van der Waals surface area (Å²) in [6, 6.07) is 8.50. The molecule has 1 aliphatic heterocycles. The molecule has 0 unspecified atom stereocenters. The van der Waals surface area contributed by atoms with Gasteiger partial charge in [-0.2, -0.15) is 0 Å². The Hall–Kier alpha value is -1.34. The first-order valence-corrected chi connectivity index (χ1v) is 10.6. The van der Waals surface area contributed by atoms with Crippen molar-refractivity contribution in [1.82, 2.24) is 5.32 Å². The van der Waals surface area contributed by atoms with Crippen molar-refractivity contribution in [3.8, 4) is 11.5 Å². The Morgan fingerprint density at radius 1 is 1.32 bits per heavy atom. The van der Waals surface area contributed by atoms with Gasteiger partial charge in [0.2, 0.25) is 0 Å². The molecule has 4 nitrogen and oxygen atoms in total. The van der Waals surface area contributed by atoms with Crippen LogP contribution in [0.4, 0.5) is 4.39 Å². The van der Waals surface area contributed by atoms with Crippen molar-refractivity contribution >= 4 is 27.5 Å². The number of benzene rings is 2. The molecule has 0 bridgehead atoms. The Morgan fingerprint density at radius 3 is 2.89 bits per heavy atom. The van der Waals surface area contributed by atoms with Gasteiger partial charge in [0.1, 0.15) is 12.4 Å². The van der Waals surface area contributed by atoms with E-state index in [0.717, 1.165) is 36.0 Å². The third-order valence-electron chi connectivity index (χ3n) is 4.52. The molecule has 0 aliphatic carbocycles. The predicted octanol–water partition coefficient (Wildman–Crippen LogP) is 5.49. The van der Waals surface area contributed by atoms with Crippen molar-refractivity contribution in [2.24, 2.45) is 0 Å². The molecule has 0 radical (unpaired) electrons. The molecular weight excluding hydrogens is 449 g/mol. The fourth-order valence-corrected chi connectivity index (χ4v) is 3.95. The molecule has 0 amide bonds. The molecule has 0 saturated carbocycles. The molecule has 1 aliphatic rings. The number of rotatable bonds is 9. The van der Waals surface area contributed by atoms with Crippen LogP contribution in [0.2, 0.25) is 5.02 Å². The van der Waals surface area contributed by atoms with Crippen molar-refractivity contribution < 1.29 is 18.6 Å². The van der Waals surface area contributed by atoms with Gasteiger partial charge in [0, 0.05) is 25.3 Å². The Labute approximate surface area is 178 Å². The lowest BCUT2D eigenvalue weighted by molar-refractivity contribution is 0.110.